The van der Waals surface area contributed by atoms with Crippen LogP contribution in [0.4, 0.5) is 5.69 Å². The van der Waals surface area contributed by atoms with Gasteiger partial charge in [0.25, 0.3) is 0 Å². The van der Waals surface area contributed by atoms with E-state index in [4.69, 9.17) is 10.2 Å². The van der Waals surface area contributed by atoms with Crippen LogP contribution in [0.5, 0.6) is 0 Å². The van der Waals surface area contributed by atoms with E-state index in [1.54, 1.807) is 24.3 Å². The Morgan fingerprint density at radius 1 is 1.00 bits per heavy atom. The van der Waals surface area contributed by atoms with Gasteiger partial charge in [-0.3, -0.25) is 0 Å². The molecule has 0 aliphatic heterocycles. The molecule has 0 saturated heterocycles. The topological polar surface area (TPSA) is 62.0 Å². The molecule has 29 heavy (non-hydrogen) atoms. The summed E-state index contributed by atoms with van der Waals surface area (Å²) in [7, 11) is 0. The summed E-state index contributed by atoms with van der Waals surface area (Å²) in [6.07, 6.45) is 2.37. The van der Waals surface area contributed by atoms with Crippen LogP contribution in [0.3, 0.4) is 0 Å². The Labute approximate surface area is 173 Å². The van der Waals surface area contributed by atoms with Gasteiger partial charge in [0, 0.05) is 0 Å². The average molecular weight is 391 g/mol. The second-order valence-electron chi connectivity index (χ2n) is 9.82. The highest BCUT2D eigenvalue weighted by Crippen LogP contribution is 2.54. The predicted octanol–water partition coefficient (Wildman–Crippen LogP) is 6.82. The van der Waals surface area contributed by atoms with Gasteiger partial charge in [-0.1, -0.05) is 52.8 Å². The van der Waals surface area contributed by atoms with E-state index in [0.29, 0.717) is 17.5 Å². The number of fused-ring (bicyclic) bond motifs is 1. The van der Waals surface area contributed by atoms with Crippen LogP contribution in [-0.4, -0.2) is 11.1 Å². The number of azo groups is 1. The molecule has 0 bridgehead atoms. The van der Waals surface area contributed by atoms with Crippen molar-refractivity contribution in [2.45, 2.75) is 64.3 Å². The van der Waals surface area contributed by atoms with E-state index < -0.39 is 5.97 Å². The molecule has 2 aliphatic rings. The molecule has 2 atom stereocenters. The van der Waals surface area contributed by atoms with Crippen molar-refractivity contribution < 1.29 is 9.90 Å². The Morgan fingerprint density at radius 3 is 2.21 bits per heavy atom. The minimum atomic E-state index is -0.928. The van der Waals surface area contributed by atoms with Gasteiger partial charge in [-0.15, -0.1) is 0 Å². The van der Waals surface area contributed by atoms with Crippen LogP contribution in [0.2, 0.25) is 0 Å². The molecule has 0 spiro atoms. The molecule has 2 aromatic rings. The number of nitrogens with zero attached hydrogens (tertiary/aromatic N) is 2. The Bertz CT molecular complexity index is 969. The summed E-state index contributed by atoms with van der Waals surface area (Å²) in [5, 5.41) is 18.2. The van der Waals surface area contributed by atoms with Crippen LogP contribution in [0.15, 0.2) is 52.7 Å². The smallest absolute Gasteiger partial charge is 0.335 e. The molecule has 4 heteroatoms. The summed E-state index contributed by atoms with van der Waals surface area (Å²) in [5.41, 5.74) is 5.40. The maximum atomic E-state index is 11.0. The molecule has 1 fully saturated rings. The molecule has 2 unspecified atom stereocenters. The number of rotatable bonds is 5. The lowest BCUT2D eigenvalue weighted by Gasteiger charge is -2.32. The maximum absolute atomic E-state index is 11.0. The fourth-order valence-electron chi connectivity index (χ4n) is 4.85. The Morgan fingerprint density at radius 2 is 1.62 bits per heavy atom. The van der Waals surface area contributed by atoms with Crippen molar-refractivity contribution in [3.63, 3.8) is 0 Å². The summed E-state index contributed by atoms with van der Waals surface area (Å²) in [6, 6.07) is 13.6. The zero-order chi connectivity index (χ0) is 21.0. The molecule has 2 aromatic carbocycles. The summed E-state index contributed by atoms with van der Waals surface area (Å²) in [5.74, 6) is 0.182. The van der Waals surface area contributed by atoms with Gasteiger partial charge in [-0.2, -0.15) is 10.2 Å². The summed E-state index contributed by atoms with van der Waals surface area (Å²) >= 11 is 0. The molecule has 0 aromatic heterocycles. The lowest BCUT2D eigenvalue weighted by atomic mass is 9.71. The Balaban J connectivity index is 1.65. The molecule has 0 radical (unpaired) electrons. The minimum absolute atomic E-state index is 0.0641. The normalized spacial score (nSPS) is 23.1. The van der Waals surface area contributed by atoms with E-state index >= 15 is 0 Å². The lowest BCUT2D eigenvalue weighted by molar-refractivity contribution is 0.0697. The van der Waals surface area contributed by atoms with E-state index in [9.17, 15) is 4.79 Å². The highest BCUT2D eigenvalue weighted by molar-refractivity contribution is 5.87. The van der Waals surface area contributed by atoms with Crippen molar-refractivity contribution in [2.24, 2.45) is 22.1 Å². The van der Waals surface area contributed by atoms with Crippen molar-refractivity contribution in [3.8, 4) is 0 Å². The average Bonchev–Trinajstić information content (AvgIpc) is 3.50. The van der Waals surface area contributed by atoms with Crippen molar-refractivity contribution in [3.05, 3.63) is 64.7 Å². The third-order valence-corrected chi connectivity index (χ3v) is 7.42. The maximum Gasteiger partial charge on any atom is 0.335 e. The zero-order valence-corrected chi connectivity index (χ0v) is 17.9. The molecule has 0 heterocycles. The number of hydrogen-bond acceptors (Lipinski definition) is 3. The first kappa shape index (κ1) is 19.8. The largest absolute Gasteiger partial charge is 0.478 e. The van der Waals surface area contributed by atoms with Gasteiger partial charge < -0.3 is 5.11 Å². The molecular formula is C25H30N2O2. The van der Waals surface area contributed by atoms with Crippen LogP contribution < -0.4 is 0 Å². The van der Waals surface area contributed by atoms with Crippen molar-refractivity contribution in [1.82, 2.24) is 0 Å². The van der Waals surface area contributed by atoms with Crippen LogP contribution >= 0.6 is 0 Å². The highest BCUT2D eigenvalue weighted by atomic mass is 16.4. The van der Waals surface area contributed by atoms with Crippen molar-refractivity contribution in [1.29, 1.82) is 0 Å². The van der Waals surface area contributed by atoms with Gasteiger partial charge in [0.15, 0.2) is 0 Å². The third-order valence-electron chi connectivity index (χ3n) is 7.42. The molecule has 2 aliphatic carbocycles. The predicted molar refractivity (Wildman–Crippen MR) is 115 cm³/mol. The zero-order valence-electron chi connectivity index (χ0n) is 17.9. The van der Waals surface area contributed by atoms with Gasteiger partial charge >= 0.3 is 5.97 Å². The van der Waals surface area contributed by atoms with Crippen LogP contribution in [0.1, 0.15) is 80.6 Å². The standard InChI is InChI=1S/C25H30N2O2/c1-15-24(2,3)20-13-10-18(14-21(20)25(15,4)5)22(16-6-7-16)27-26-19-11-8-17(9-12-19)23(28)29/h8-16,22H,6-7H2,1-5H3,(H,28,29). The molecule has 4 nitrogen and oxygen atoms in total. The molecule has 0 amide bonds. The number of carboxylic acids is 1. The van der Waals surface area contributed by atoms with Crippen molar-refractivity contribution >= 4 is 11.7 Å². The fraction of sp³-hybridized carbons (Fsp3) is 0.480. The van der Waals surface area contributed by atoms with Gasteiger partial charge in [-0.25, -0.2) is 4.79 Å². The molecular weight excluding hydrogens is 360 g/mol. The van der Waals surface area contributed by atoms with Crippen LogP contribution in [0.25, 0.3) is 0 Å². The molecule has 1 saturated carbocycles. The van der Waals surface area contributed by atoms with Gasteiger partial charge in [0.1, 0.15) is 0 Å². The van der Waals surface area contributed by atoms with Crippen LogP contribution in [0, 0.1) is 11.8 Å². The quantitative estimate of drug-likeness (QED) is 0.569. The molecule has 1 N–H and O–H groups in total. The lowest BCUT2D eigenvalue weighted by Crippen LogP contribution is -2.30. The number of carbonyl (C=O) groups is 1. The number of aromatic carboxylic acids is 1. The first-order chi connectivity index (χ1) is 13.6. The van der Waals surface area contributed by atoms with Gasteiger partial charge in [0.2, 0.25) is 0 Å². The molecule has 4 rings (SSSR count). The van der Waals surface area contributed by atoms with E-state index in [-0.39, 0.29) is 22.4 Å². The SMILES string of the molecule is CC1C(C)(C)c2ccc(C(N=Nc3ccc(C(=O)O)cc3)C3CC3)cc2C1(C)C. The molecule has 152 valence electrons. The highest BCUT2D eigenvalue weighted by Gasteiger charge is 2.48. The van der Waals surface area contributed by atoms with E-state index in [1.165, 1.54) is 29.5 Å². The first-order valence-electron chi connectivity index (χ1n) is 10.5. The second kappa shape index (κ2) is 6.79. The summed E-state index contributed by atoms with van der Waals surface area (Å²) in [4.78, 5) is 11.0. The van der Waals surface area contributed by atoms with E-state index in [0.717, 1.165) is 0 Å². The van der Waals surface area contributed by atoms with Crippen molar-refractivity contribution in [2.75, 3.05) is 0 Å². The third kappa shape index (κ3) is 3.39. The van der Waals surface area contributed by atoms with Gasteiger partial charge in [-0.05, 0) is 76.5 Å². The number of benzene rings is 2. The Hall–Kier alpha value is -2.49. The van der Waals surface area contributed by atoms with E-state index in [2.05, 4.69) is 57.9 Å². The summed E-state index contributed by atoms with van der Waals surface area (Å²) in [6.45, 7) is 11.8. The first-order valence-corrected chi connectivity index (χ1v) is 10.5. The fourth-order valence-corrected chi connectivity index (χ4v) is 4.85. The Kier molecular flexibility index (Phi) is 4.64. The van der Waals surface area contributed by atoms with Gasteiger partial charge in [0.05, 0.1) is 17.3 Å². The summed E-state index contributed by atoms with van der Waals surface area (Å²) < 4.78 is 0. The number of hydrogen-bond donors (Lipinski definition) is 1. The monoisotopic (exact) mass is 390 g/mol. The number of carboxylic acid groups (broad SMARTS) is 1. The van der Waals surface area contributed by atoms with Crippen LogP contribution in [-0.2, 0) is 10.8 Å². The van der Waals surface area contributed by atoms with E-state index in [1.807, 2.05) is 0 Å². The second-order valence-corrected chi connectivity index (χ2v) is 9.82. The minimum Gasteiger partial charge on any atom is -0.478 e.